The number of carbonyl (C=O) groups is 3. The summed E-state index contributed by atoms with van der Waals surface area (Å²) in [5, 5.41) is 32.8. The van der Waals surface area contributed by atoms with Gasteiger partial charge in [0.1, 0.15) is 0 Å². The van der Waals surface area contributed by atoms with Crippen molar-refractivity contribution in [2.45, 2.75) is 32.2 Å². The number of aliphatic hydroxyl groups excluding tert-OH is 2. The van der Waals surface area contributed by atoms with E-state index in [4.69, 9.17) is 20.4 Å². The zero-order valence-corrected chi connectivity index (χ0v) is 9.78. The topological polar surface area (TPSA) is 141 Å². The molecule has 18 heavy (non-hydrogen) atoms. The quantitative estimate of drug-likeness (QED) is 0.282. The van der Waals surface area contributed by atoms with Gasteiger partial charge >= 0.3 is 17.9 Å². The van der Waals surface area contributed by atoms with Gasteiger partial charge < -0.3 is 25.2 Å². The molecule has 0 radical (unpaired) electrons. The fraction of sp³-hybridized carbons (Fsp3) is 0.500. The summed E-state index contributed by atoms with van der Waals surface area (Å²) < 4.78 is 4.35. The van der Waals surface area contributed by atoms with Crippen LogP contribution in [-0.4, -0.2) is 50.7 Å². The van der Waals surface area contributed by atoms with Crippen molar-refractivity contribution >= 4 is 17.9 Å². The molecular weight excluding hydrogens is 248 g/mol. The average molecular weight is 264 g/mol. The number of hydrogen-bond acceptors (Lipinski definition) is 6. The Morgan fingerprint density at radius 1 is 1.28 bits per heavy atom. The first-order chi connectivity index (χ1) is 8.24. The van der Waals surface area contributed by atoms with Crippen molar-refractivity contribution in [3.05, 3.63) is 12.7 Å². The Balaban J connectivity index is 0. The number of carbonyl (C=O) groups excluding carboxylic acids is 1. The number of rotatable bonds is 6. The van der Waals surface area contributed by atoms with Crippen LogP contribution in [0.25, 0.3) is 0 Å². The van der Waals surface area contributed by atoms with Gasteiger partial charge in [0.15, 0.2) is 6.10 Å². The predicted octanol–water partition coefficient (Wildman–Crippen LogP) is -0.649. The average Bonchev–Trinajstić information content (AvgIpc) is 2.28. The van der Waals surface area contributed by atoms with Crippen LogP contribution in [0.3, 0.4) is 0 Å². The van der Waals surface area contributed by atoms with E-state index >= 15 is 0 Å². The molecule has 104 valence electrons. The van der Waals surface area contributed by atoms with Gasteiger partial charge in [0.2, 0.25) is 6.29 Å². The van der Waals surface area contributed by atoms with E-state index in [0.29, 0.717) is 6.42 Å². The van der Waals surface area contributed by atoms with Crippen LogP contribution < -0.4 is 0 Å². The fourth-order valence-corrected chi connectivity index (χ4v) is 0.518. The van der Waals surface area contributed by atoms with E-state index in [1.807, 2.05) is 0 Å². The van der Waals surface area contributed by atoms with E-state index in [1.54, 1.807) is 6.92 Å². The molecule has 2 unspecified atom stereocenters. The molecule has 0 aromatic heterocycles. The lowest BCUT2D eigenvalue weighted by molar-refractivity contribution is -0.161. The number of esters is 1. The van der Waals surface area contributed by atoms with Crippen molar-refractivity contribution in [2.75, 3.05) is 0 Å². The van der Waals surface area contributed by atoms with Crippen molar-refractivity contribution in [1.82, 2.24) is 0 Å². The normalized spacial score (nSPS) is 12.4. The van der Waals surface area contributed by atoms with Gasteiger partial charge in [0.05, 0.1) is 6.42 Å². The van der Waals surface area contributed by atoms with Gasteiger partial charge in [0.25, 0.3) is 0 Å². The lowest BCUT2D eigenvalue weighted by Gasteiger charge is -2.05. The van der Waals surface area contributed by atoms with Gasteiger partial charge in [-0.15, -0.1) is 0 Å². The second kappa shape index (κ2) is 10.2. The molecule has 2 atom stereocenters. The van der Waals surface area contributed by atoms with E-state index in [9.17, 15) is 14.4 Å². The summed E-state index contributed by atoms with van der Waals surface area (Å²) in [6.07, 6.45) is -2.12. The Morgan fingerprint density at radius 2 is 1.78 bits per heavy atom. The highest BCUT2D eigenvalue weighted by Gasteiger charge is 2.16. The van der Waals surface area contributed by atoms with Crippen LogP contribution in [0.1, 0.15) is 19.8 Å². The van der Waals surface area contributed by atoms with Crippen LogP contribution in [0.2, 0.25) is 0 Å². The van der Waals surface area contributed by atoms with E-state index < -0.39 is 36.7 Å². The monoisotopic (exact) mass is 264 g/mol. The molecule has 0 bridgehead atoms. The summed E-state index contributed by atoms with van der Waals surface area (Å²) in [6.45, 7) is 4.87. The van der Waals surface area contributed by atoms with Crippen LogP contribution in [0, 0.1) is 0 Å². The third-order valence-corrected chi connectivity index (χ3v) is 1.42. The van der Waals surface area contributed by atoms with E-state index in [1.165, 1.54) is 0 Å². The van der Waals surface area contributed by atoms with Crippen molar-refractivity contribution < 1.29 is 39.5 Å². The molecule has 0 aromatic carbocycles. The molecule has 0 rings (SSSR count). The molecule has 8 nitrogen and oxygen atoms in total. The largest absolute Gasteiger partial charge is 0.481 e. The molecule has 0 saturated heterocycles. The summed E-state index contributed by atoms with van der Waals surface area (Å²) in [4.78, 5) is 29.7. The minimum Gasteiger partial charge on any atom is -0.481 e. The molecule has 0 aliphatic rings. The summed E-state index contributed by atoms with van der Waals surface area (Å²) >= 11 is 0. The molecular formula is C10H16O8. The highest BCUT2D eigenvalue weighted by molar-refractivity contribution is 5.81. The highest BCUT2D eigenvalue weighted by Crippen LogP contribution is 1.92. The number of carboxylic acids is 2. The van der Waals surface area contributed by atoms with Crippen LogP contribution in [0.5, 0.6) is 0 Å². The smallest absolute Gasteiger partial charge is 0.333 e. The van der Waals surface area contributed by atoms with Crippen LogP contribution in [0.15, 0.2) is 12.7 Å². The maximum atomic E-state index is 10.3. The van der Waals surface area contributed by atoms with Gasteiger partial charge in [-0.3, -0.25) is 4.79 Å². The van der Waals surface area contributed by atoms with Crippen molar-refractivity contribution in [3.63, 3.8) is 0 Å². The fourth-order valence-electron chi connectivity index (χ4n) is 0.518. The number of ether oxygens (including phenoxy) is 1. The maximum Gasteiger partial charge on any atom is 0.333 e. The van der Waals surface area contributed by atoms with Crippen molar-refractivity contribution in [3.8, 4) is 0 Å². The van der Waals surface area contributed by atoms with Gasteiger partial charge in [-0.05, 0) is 0 Å². The number of carboxylic acid groups (broad SMARTS) is 2. The molecule has 0 heterocycles. The van der Waals surface area contributed by atoms with Crippen molar-refractivity contribution in [1.29, 1.82) is 0 Å². The predicted molar refractivity (Wildman–Crippen MR) is 58.5 cm³/mol. The zero-order chi connectivity index (χ0) is 14.7. The second-order valence-electron chi connectivity index (χ2n) is 2.96. The Labute approximate surface area is 103 Å². The summed E-state index contributed by atoms with van der Waals surface area (Å²) in [7, 11) is 0. The summed E-state index contributed by atoms with van der Waals surface area (Å²) in [5.41, 5.74) is 0. The van der Waals surface area contributed by atoms with Crippen LogP contribution in [0.4, 0.5) is 0 Å². The molecule has 0 aromatic rings. The SMILES string of the molecule is C=CC(=O)OC(O)CC.O=C(O)CC(O)C(=O)O. The van der Waals surface area contributed by atoms with Crippen LogP contribution in [-0.2, 0) is 19.1 Å². The molecule has 0 fully saturated rings. The van der Waals surface area contributed by atoms with Gasteiger partial charge in [0, 0.05) is 12.5 Å². The first kappa shape index (κ1) is 18.4. The van der Waals surface area contributed by atoms with E-state index in [0.717, 1.165) is 6.08 Å². The zero-order valence-electron chi connectivity index (χ0n) is 9.78. The molecule has 0 spiro atoms. The maximum absolute atomic E-state index is 10.3. The first-order valence-corrected chi connectivity index (χ1v) is 4.88. The Hall–Kier alpha value is -1.93. The van der Waals surface area contributed by atoms with Crippen LogP contribution >= 0.6 is 0 Å². The number of hydrogen-bond donors (Lipinski definition) is 4. The van der Waals surface area contributed by atoms with Gasteiger partial charge in [-0.25, -0.2) is 9.59 Å². The molecule has 0 saturated carbocycles. The lowest BCUT2D eigenvalue weighted by atomic mass is 10.3. The number of aliphatic hydroxyl groups is 2. The number of aliphatic carboxylic acids is 2. The van der Waals surface area contributed by atoms with Crippen molar-refractivity contribution in [2.24, 2.45) is 0 Å². The summed E-state index contributed by atoms with van der Waals surface area (Å²) in [5.74, 6) is -3.44. The molecule has 4 N–H and O–H groups in total. The second-order valence-corrected chi connectivity index (χ2v) is 2.96. The van der Waals surface area contributed by atoms with E-state index in [2.05, 4.69) is 11.3 Å². The van der Waals surface area contributed by atoms with E-state index in [-0.39, 0.29) is 0 Å². The molecule has 0 amide bonds. The minimum absolute atomic E-state index is 0.402. The third kappa shape index (κ3) is 12.1. The van der Waals surface area contributed by atoms with Gasteiger partial charge in [-0.2, -0.15) is 0 Å². The molecule has 8 heteroatoms. The third-order valence-electron chi connectivity index (χ3n) is 1.42. The Kier molecular flexibility index (Phi) is 10.5. The molecule has 0 aliphatic carbocycles. The molecule has 0 aliphatic heterocycles. The van der Waals surface area contributed by atoms with Gasteiger partial charge in [-0.1, -0.05) is 13.5 Å². The Bertz CT molecular complexity index is 298. The highest BCUT2D eigenvalue weighted by atomic mass is 16.6. The lowest BCUT2D eigenvalue weighted by Crippen LogP contribution is -2.22. The Morgan fingerprint density at radius 3 is 2.00 bits per heavy atom. The minimum atomic E-state index is -1.79. The standard InChI is InChI=1S/C6H10O3.C4H6O5/c1-3-5(7)9-6(8)4-2;5-2(4(8)9)1-3(6)7/h3,6,8H,1,4H2,2H3;2,5H,1H2,(H,6,7)(H,8,9). The first-order valence-electron chi connectivity index (χ1n) is 4.88. The summed E-state index contributed by atoms with van der Waals surface area (Å²) in [6, 6.07) is 0.